The van der Waals surface area contributed by atoms with E-state index in [1.807, 2.05) is 30.8 Å². The van der Waals surface area contributed by atoms with Crippen LogP contribution < -0.4 is 5.32 Å². The van der Waals surface area contributed by atoms with Crippen molar-refractivity contribution in [2.75, 3.05) is 5.32 Å². The van der Waals surface area contributed by atoms with E-state index in [0.29, 0.717) is 23.2 Å². The third kappa shape index (κ3) is 3.12. The van der Waals surface area contributed by atoms with Crippen molar-refractivity contribution >= 4 is 22.6 Å². The van der Waals surface area contributed by atoms with Crippen molar-refractivity contribution in [1.82, 2.24) is 19.7 Å². The first-order chi connectivity index (χ1) is 12.0. The molecule has 3 aromatic rings. The lowest BCUT2D eigenvalue weighted by Gasteiger charge is -2.09. The Bertz CT molecular complexity index is 958. The first kappa shape index (κ1) is 15.7. The number of hydrogen-bond acceptors (Lipinski definition) is 4. The molecular formula is C19H21N5O. The van der Waals surface area contributed by atoms with Crippen molar-refractivity contribution in [3.8, 4) is 0 Å². The van der Waals surface area contributed by atoms with Crippen molar-refractivity contribution in [3.63, 3.8) is 0 Å². The van der Waals surface area contributed by atoms with Crippen molar-refractivity contribution in [1.29, 1.82) is 0 Å². The molecule has 25 heavy (non-hydrogen) atoms. The molecule has 2 heterocycles. The van der Waals surface area contributed by atoms with Gasteiger partial charge in [-0.3, -0.25) is 9.48 Å². The Morgan fingerprint density at radius 3 is 2.64 bits per heavy atom. The van der Waals surface area contributed by atoms with Crippen molar-refractivity contribution in [2.45, 2.75) is 39.7 Å². The molecule has 1 amide bonds. The Labute approximate surface area is 146 Å². The van der Waals surface area contributed by atoms with E-state index in [1.54, 1.807) is 18.3 Å². The Kier molecular flexibility index (Phi) is 3.75. The summed E-state index contributed by atoms with van der Waals surface area (Å²) in [6.45, 7) is 6.02. The van der Waals surface area contributed by atoms with Crippen LogP contribution in [0.5, 0.6) is 0 Å². The molecule has 1 aromatic carbocycles. The Morgan fingerprint density at radius 2 is 1.92 bits per heavy atom. The van der Waals surface area contributed by atoms with Crippen LogP contribution in [0.15, 0.2) is 30.6 Å². The molecule has 0 aliphatic heterocycles. The molecule has 1 aliphatic rings. The van der Waals surface area contributed by atoms with Gasteiger partial charge in [0, 0.05) is 11.8 Å². The van der Waals surface area contributed by atoms with Gasteiger partial charge in [0.1, 0.15) is 0 Å². The molecule has 0 radical (unpaired) electrons. The van der Waals surface area contributed by atoms with Gasteiger partial charge in [-0.1, -0.05) is 0 Å². The van der Waals surface area contributed by atoms with Gasteiger partial charge >= 0.3 is 0 Å². The van der Waals surface area contributed by atoms with Crippen LogP contribution in [-0.2, 0) is 0 Å². The van der Waals surface area contributed by atoms with Crippen molar-refractivity contribution in [2.24, 2.45) is 5.92 Å². The van der Waals surface area contributed by atoms with Crippen molar-refractivity contribution in [3.05, 3.63) is 47.5 Å². The topological polar surface area (TPSA) is 72.7 Å². The number of carbonyl (C=O) groups excluding carboxylic acids is 1. The third-order valence-electron chi connectivity index (χ3n) is 4.92. The maximum atomic E-state index is 12.5. The number of nitrogens with zero attached hydrogens (tertiary/aromatic N) is 4. The lowest BCUT2D eigenvalue weighted by molar-refractivity contribution is 0.102. The molecule has 0 saturated heterocycles. The highest BCUT2D eigenvalue weighted by molar-refractivity contribution is 6.05. The van der Waals surface area contributed by atoms with E-state index in [0.717, 1.165) is 22.4 Å². The van der Waals surface area contributed by atoms with Crippen LogP contribution in [0.2, 0.25) is 0 Å². The Hall–Kier alpha value is -2.76. The summed E-state index contributed by atoms with van der Waals surface area (Å²) >= 11 is 0. The molecule has 1 aliphatic carbocycles. The van der Waals surface area contributed by atoms with Gasteiger partial charge < -0.3 is 5.32 Å². The molecule has 128 valence electrons. The van der Waals surface area contributed by atoms with Gasteiger partial charge in [-0.2, -0.15) is 5.10 Å². The number of benzene rings is 1. The van der Waals surface area contributed by atoms with Gasteiger partial charge in [0.05, 0.1) is 40.3 Å². The van der Waals surface area contributed by atoms with Crippen LogP contribution in [0.25, 0.3) is 11.0 Å². The monoisotopic (exact) mass is 335 g/mol. The minimum Gasteiger partial charge on any atom is -0.319 e. The fourth-order valence-corrected chi connectivity index (χ4v) is 3.00. The van der Waals surface area contributed by atoms with Crippen LogP contribution in [-0.4, -0.2) is 25.7 Å². The van der Waals surface area contributed by atoms with Crippen LogP contribution >= 0.6 is 0 Å². The third-order valence-corrected chi connectivity index (χ3v) is 4.92. The predicted molar refractivity (Wildman–Crippen MR) is 96.6 cm³/mol. The highest BCUT2D eigenvalue weighted by Gasteiger charge is 2.29. The van der Waals surface area contributed by atoms with E-state index in [-0.39, 0.29) is 5.91 Å². The molecule has 1 N–H and O–H groups in total. The number of amides is 1. The maximum Gasteiger partial charge on any atom is 0.255 e. The van der Waals surface area contributed by atoms with Gasteiger partial charge in [-0.25, -0.2) is 9.97 Å². The molecule has 6 nitrogen and oxygen atoms in total. The number of nitrogens with one attached hydrogen (secondary N) is 1. The molecule has 1 fully saturated rings. The Morgan fingerprint density at radius 1 is 1.20 bits per heavy atom. The largest absolute Gasteiger partial charge is 0.319 e. The van der Waals surface area contributed by atoms with Gasteiger partial charge in [0.15, 0.2) is 0 Å². The van der Waals surface area contributed by atoms with E-state index in [9.17, 15) is 4.79 Å². The average Bonchev–Trinajstić information content (AvgIpc) is 3.34. The summed E-state index contributed by atoms with van der Waals surface area (Å²) in [4.78, 5) is 21.6. The normalized spacial score (nSPS) is 15.3. The summed E-state index contributed by atoms with van der Waals surface area (Å²) in [5.41, 5.74) is 4.58. The van der Waals surface area contributed by atoms with Gasteiger partial charge in [0.25, 0.3) is 5.91 Å². The first-order valence-electron chi connectivity index (χ1n) is 8.62. The number of anilines is 1. The maximum absolute atomic E-state index is 12.5. The van der Waals surface area contributed by atoms with Crippen LogP contribution in [0, 0.1) is 19.8 Å². The standard InChI is InChI=1S/C19H21N5O/c1-11-12(2)22-18-8-15(6-7-17(18)21-11)19(25)23-16-9-20-24(10-16)13(3)14-4-5-14/h6-10,13-14H,4-5H2,1-3H3,(H,23,25). The van der Waals surface area contributed by atoms with Crippen LogP contribution in [0.3, 0.4) is 0 Å². The zero-order chi connectivity index (χ0) is 17.6. The SMILES string of the molecule is Cc1nc2ccc(C(=O)Nc3cnn(C(C)C4CC4)c3)cc2nc1C. The summed E-state index contributed by atoms with van der Waals surface area (Å²) in [6, 6.07) is 5.77. The van der Waals surface area contributed by atoms with Crippen LogP contribution in [0.4, 0.5) is 5.69 Å². The molecule has 1 saturated carbocycles. The van der Waals surface area contributed by atoms with Gasteiger partial charge in [-0.05, 0) is 57.7 Å². The highest BCUT2D eigenvalue weighted by Crippen LogP contribution is 2.39. The van der Waals surface area contributed by atoms with Gasteiger partial charge in [-0.15, -0.1) is 0 Å². The molecular weight excluding hydrogens is 314 g/mol. The zero-order valence-electron chi connectivity index (χ0n) is 14.7. The van der Waals surface area contributed by atoms with Crippen LogP contribution in [0.1, 0.15) is 47.6 Å². The number of hydrogen-bond donors (Lipinski definition) is 1. The summed E-state index contributed by atoms with van der Waals surface area (Å²) in [6.07, 6.45) is 6.12. The van der Waals surface area contributed by atoms with E-state index in [2.05, 4.69) is 27.3 Å². The number of carbonyl (C=O) groups is 1. The second-order valence-corrected chi connectivity index (χ2v) is 6.84. The molecule has 0 spiro atoms. The fraction of sp³-hybridized carbons (Fsp3) is 0.368. The fourth-order valence-electron chi connectivity index (χ4n) is 3.00. The van der Waals surface area contributed by atoms with E-state index in [1.165, 1.54) is 12.8 Å². The van der Waals surface area contributed by atoms with Gasteiger partial charge in [0.2, 0.25) is 0 Å². The number of aromatic nitrogens is 4. The average molecular weight is 335 g/mol. The molecule has 1 unspecified atom stereocenters. The highest BCUT2D eigenvalue weighted by atomic mass is 16.1. The van der Waals surface area contributed by atoms with Crippen molar-refractivity contribution < 1.29 is 4.79 Å². The smallest absolute Gasteiger partial charge is 0.255 e. The number of fused-ring (bicyclic) bond motifs is 1. The summed E-state index contributed by atoms with van der Waals surface area (Å²) < 4.78 is 1.94. The summed E-state index contributed by atoms with van der Waals surface area (Å²) in [7, 11) is 0. The number of rotatable bonds is 4. The van der Waals surface area contributed by atoms with E-state index < -0.39 is 0 Å². The summed E-state index contributed by atoms with van der Waals surface area (Å²) in [5.74, 6) is 0.551. The van der Waals surface area contributed by atoms with E-state index in [4.69, 9.17) is 0 Å². The molecule has 1 atom stereocenters. The molecule has 4 rings (SSSR count). The quantitative estimate of drug-likeness (QED) is 0.789. The Balaban J connectivity index is 1.54. The molecule has 2 aromatic heterocycles. The minimum absolute atomic E-state index is 0.166. The minimum atomic E-state index is -0.166. The predicted octanol–water partition coefficient (Wildman–Crippen LogP) is 3.67. The molecule has 6 heteroatoms. The second-order valence-electron chi connectivity index (χ2n) is 6.84. The first-order valence-corrected chi connectivity index (χ1v) is 8.62. The second kappa shape index (κ2) is 5.95. The molecule has 0 bridgehead atoms. The lowest BCUT2D eigenvalue weighted by Crippen LogP contribution is -2.12. The lowest BCUT2D eigenvalue weighted by atomic mass is 10.1. The number of aryl methyl sites for hydroxylation is 2. The summed E-state index contributed by atoms with van der Waals surface area (Å²) in [5, 5.41) is 7.29. The zero-order valence-corrected chi connectivity index (χ0v) is 14.7. The van der Waals surface area contributed by atoms with E-state index >= 15 is 0 Å².